The lowest BCUT2D eigenvalue weighted by molar-refractivity contribution is 0.130. The fourth-order valence-electron chi connectivity index (χ4n) is 2.56. The number of carbonyl (C=O) groups is 1. The number of anilines is 1. The predicted octanol–water partition coefficient (Wildman–Crippen LogP) is 3.95. The summed E-state index contributed by atoms with van der Waals surface area (Å²) in [5.41, 5.74) is 0.340. The molecule has 0 unspecified atom stereocenters. The molecule has 0 fully saturated rings. The first-order valence-corrected chi connectivity index (χ1v) is 12.8. The molecule has 8 nitrogen and oxygen atoms in total. The Kier molecular flexibility index (Phi) is 10.1. The lowest BCUT2D eigenvalue weighted by Gasteiger charge is -2.18. The summed E-state index contributed by atoms with van der Waals surface area (Å²) in [4.78, 5) is 11.4. The number of amides is 1. The number of nitrogens with zero attached hydrogens (tertiary/aromatic N) is 1. The van der Waals surface area contributed by atoms with Crippen molar-refractivity contribution in [1.29, 1.82) is 0 Å². The van der Waals surface area contributed by atoms with E-state index in [2.05, 4.69) is 12.2 Å². The van der Waals surface area contributed by atoms with Gasteiger partial charge in [-0.05, 0) is 44.5 Å². The number of hydrogen-bond acceptors (Lipinski definition) is 6. The molecule has 166 valence electrons. The quantitative estimate of drug-likeness (QED) is 0.485. The van der Waals surface area contributed by atoms with Crippen LogP contribution in [0.25, 0.3) is 0 Å². The summed E-state index contributed by atoms with van der Waals surface area (Å²) >= 11 is 0. The van der Waals surface area contributed by atoms with Crippen LogP contribution >= 0.6 is 0 Å². The van der Waals surface area contributed by atoms with E-state index in [0.717, 1.165) is 39.2 Å². The van der Waals surface area contributed by atoms with Crippen molar-refractivity contribution >= 4 is 31.8 Å². The maximum absolute atomic E-state index is 12.7. The molecule has 0 saturated carbocycles. The van der Waals surface area contributed by atoms with E-state index in [1.807, 2.05) is 0 Å². The lowest BCUT2D eigenvalue weighted by Crippen LogP contribution is -2.35. The third kappa shape index (κ3) is 8.31. The van der Waals surface area contributed by atoms with Crippen molar-refractivity contribution in [2.75, 3.05) is 18.1 Å². The third-order valence-electron chi connectivity index (χ3n) is 4.23. The van der Waals surface area contributed by atoms with Crippen molar-refractivity contribution in [2.24, 2.45) is 0 Å². The van der Waals surface area contributed by atoms with E-state index < -0.39 is 26.1 Å². The number of carbonyl (C=O) groups excluding carboxylic acids is 1. The van der Waals surface area contributed by atoms with Crippen LogP contribution in [0.4, 0.5) is 10.5 Å². The molecule has 0 aliphatic carbocycles. The van der Waals surface area contributed by atoms with Gasteiger partial charge in [0.25, 0.3) is 10.0 Å². The van der Waals surface area contributed by atoms with Crippen LogP contribution in [0, 0.1) is 0 Å². The number of hydrogen-bond donors (Lipinski definition) is 1. The molecule has 1 aromatic rings. The van der Waals surface area contributed by atoms with Gasteiger partial charge in [-0.2, -0.15) is 0 Å². The molecular weight excluding hydrogens is 416 g/mol. The summed E-state index contributed by atoms with van der Waals surface area (Å²) in [5.74, 6) is -0.213. The highest BCUT2D eigenvalue weighted by atomic mass is 32.3. The van der Waals surface area contributed by atoms with Gasteiger partial charge in [-0.1, -0.05) is 42.7 Å². The number of benzene rings is 1. The Bertz CT molecular complexity index is 849. The SMILES string of the molecule is CCCCCCCCS(=O)(=O)N(C)S(=O)(=O)c1ccc(NC(=O)OC(C)C)cc1. The molecule has 0 saturated heterocycles. The van der Waals surface area contributed by atoms with E-state index in [1.165, 1.54) is 24.3 Å². The molecule has 10 heteroatoms. The minimum atomic E-state index is -4.21. The molecule has 0 radical (unpaired) electrons. The molecule has 29 heavy (non-hydrogen) atoms. The van der Waals surface area contributed by atoms with E-state index in [-0.39, 0.29) is 16.8 Å². The molecule has 0 aromatic heterocycles. The summed E-state index contributed by atoms with van der Waals surface area (Å²) < 4.78 is 55.6. The fraction of sp³-hybridized carbons (Fsp3) is 0.632. The van der Waals surface area contributed by atoms with Gasteiger partial charge < -0.3 is 4.74 Å². The number of sulfonamides is 2. The number of ether oxygens (including phenoxy) is 1. The molecule has 0 heterocycles. The second kappa shape index (κ2) is 11.5. The zero-order valence-corrected chi connectivity index (χ0v) is 19.2. The van der Waals surface area contributed by atoms with Gasteiger partial charge in [0.05, 0.1) is 16.8 Å². The highest BCUT2D eigenvalue weighted by Gasteiger charge is 2.31. The fourth-order valence-corrected chi connectivity index (χ4v) is 5.84. The van der Waals surface area contributed by atoms with Gasteiger partial charge in [0, 0.05) is 12.7 Å². The molecule has 0 atom stereocenters. The molecule has 0 bridgehead atoms. The molecule has 1 amide bonds. The number of rotatable bonds is 12. The number of nitrogens with one attached hydrogen (secondary N) is 1. The lowest BCUT2D eigenvalue weighted by atomic mass is 10.1. The first kappa shape index (κ1) is 25.4. The molecular formula is C19H32N2O6S2. The molecule has 0 aliphatic rings. The van der Waals surface area contributed by atoms with Gasteiger partial charge >= 0.3 is 6.09 Å². The summed E-state index contributed by atoms with van der Waals surface area (Å²) in [6, 6.07) is 5.25. The van der Waals surface area contributed by atoms with Crippen LogP contribution in [0.3, 0.4) is 0 Å². The predicted molar refractivity (Wildman–Crippen MR) is 114 cm³/mol. The van der Waals surface area contributed by atoms with Crippen LogP contribution in [-0.2, 0) is 24.8 Å². The topological polar surface area (TPSA) is 110 Å². The van der Waals surface area contributed by atoms with E-state index in [0.29, 0.717) is 15.8 Å². The van der Waals surface area contributed by atoms with Gasteiger partial charge in [-0.3, -0.25) is 5.32 Å². The average molecular weight is 449 g/mol. The van der Waals surface area contributed by atoms with Crippen molar-refractivity contribution in [3.05, 3.63) is 24.3 Å². The summed E-state index contributed by atoms with van der Waals surface area (Å²) in [7, 11) is -7.11. The minimum Gasteiger partial charge on any atom is -0.447 e. The first-order valence-electron chi connectivity index (χ1n) is 9.80. The second-order valence-electron chi connectivity index (χ2n) is 7.07. The highest BCUT2D eigenvalue weighted by molar-refractivity contribution is 8.04. The van der Waals surface area contributed by atoms with Gasteiger partial charge in [-0.25, -0.2) is 21.6 Å². The van der Waals surface area contributed by atoms with Crippen molar-refractivity contribution in [1.82, 2.24) is 3.71 Å². The normalized spacial score (nSPS) is 12.3. The standard InChI is InChI=1S/C19H32N2O6S2/c1-5-6-7-8-9-10-15-28(23,24)21(4)29(25,26)18-13-11-17(12-14-18)20-19(22)27-16(2)3/h11-14,16H,5-10,15H2,1-4H3,(H,20,22). The van der Waals surface area contributed by atoms with Crippen molar-refractivity contribution in [2.45, 2.75) is 70.3 Å². The molecule has 1 aromatic carbocycles. The van der Waals surface area contributed by atoms with Gasteiger partial charge in [0.2, 0.25) is 10.0 Å². The largest absolute Gasteiger partial charge is 0.447 e. The Balaban J connectivity index is 2.75. The van der Waals surface area contributed by atoms with E-state index >= 15 is 0 Å². The summed E-state index contributed by atoms with van der Waals surface area (Å²) in [6.07, 6.45) is 4.43. The van der Waals surface area contributed by atoms with Crippen molar-refractivity contribution in [3.8, 4) is 0 Å². The molecule has 0 spiro atoms. The smallest absolute Gasteiger partial charge is 0.411 e. The maximum atomic E-state index is 12.7. The van der Waals surface area contributed by atoms with E-state index in [4.69, 9.17) is 4.74 Å². The monoisotopic (exact) mass is 448 g/mol. The zero-order valence-electron chi connectivity index (χ0n) is 17.5. The first-order chi connectivity index (χ1) is 13.5. The van der Waals surface area contributed by atoms with Crippen molar-refractivity contribution in [3.63, 3.8) is 0 Å². The van der Waals surface area contributed by atoms with Crippen LogP contribution in [0.2, 0.25) is 0 Å². The van der Waals surface area contributed by atoms with Gasteiger partial charge in [-0.15, -0.1) is 0 Å². The van der Waals surface area contributed by atoms with Crippen molar-refractivity contribution < 1.29 is 26.4 Å². The van der Waals surface area contributed by atoms with E-state index in [9.17, 15) is 21.6 Å². The van der Waals surface area contributed by atoms with Crippen LogP contribution < -0.4 is 5.32 Å². The molecule has 0 aliphatic heterocycles. The maximum Gasteiger partial charge on any atom is 0.411 e. The van der Waals surface area contributed by atoms with Crippen LogP contribution in [0.1, 0.15) is 59.3 Å². The van der Waals surface area contributed by atoms with Crippen LogP contribution in [0.15, 0.2) is 29.2 Å². The Morgan fingerprint density at radius 1 is 1.00 bits per heavy atom. The highest BCUT2D eigenvalue weighted by Crippen LogP contribution is 2.21. The summed E-state index contributed by atoms with van der Waals surface area (Å²) in [6.45, 7) is 5.51. The third-order valence-corrected chi connectivity index (χ3v) is 8.63. The van der Waals surface area contributed by atoms with Gasteiger partial charge in [0.1, 0.15) is 0 Å². The second-order valence-corrected chi connectivity index (χ2v) is 11.4. The number of unbranched alkanes of at least 4 members (excludes halogenated alkanes) is 5. The molecule has 1 N–H and O–H groups in total. The summed E-state index contributed by atoms with van der Waals surface area (Å²) in [5, 5.41) is 2.47. The van der Waals surface area contributed by atoms with E-state index in [1.54, 1.807) is 13.8 Å². The Morgan fingerprint density at radius 3 is 2.10 bits per heavy atom. The Morgan fingerprint density at radius 2 is 1.55 bits per heavy atom. The Labute approximate surface area is 174 Å². The van der Waals surface area contributed by atoms with Crippen LogP contribution in [-0.4, -0.2) is 45.5 Å². The Hall–Kier alpha value is -1.65. The average Bonchev–Trinajstić information content (AvgIpc) is 2.63. The minimum absolute atomic E-state index is 0.172. The zero-order chi connectivity index (χ0) is 22.1. The molecule has 1 rings (SSSR count). The van der Waals surface area contributed by atoms with Gasteiger partial charge in [0.15, 0.2) is 0 Å². The van der Waals surface area contributed by atoms with Crippen LogP contribution in [0.5, 0.6) is 0 Å².